The van der Waals surface area contributed by atoms with Crippen molar-refractivity contribution in [3.63, 3.8) is 0 Å². The predicted octanol–water partition coefficient (Wildman–Crippen LogP) is 3.35. The molecular formula is C19H21N7. The largest absolute Gasteiger partial charge is 0.366 e. The maximum atomic E-state index is 4.79. The lowest BCUT2D eigenvalue weighted by molar-refractivity contribution is 0.762. The number of rotatable bonds is 5. The van der Waals surface area contributed by atoms with E-state index in [2.05, 4.69) is 52.6 Å². The van der Waals surface area contributed by atoms with E-state index in [0.717, 1.165) is 28.5 Å². The van der Waals surface area contributed by atoms with Crippen molar-refractivity contribution in [1.29, 1.82) is 0 Å². The molecule has 0 amide bonds. The minimum absolute atomic E-state index is 0.335. The first-order valence-electron chi connectivity index (χ1n) is 8.67. The summed E-state index contributed by atoms with van der Waals surface area (Å²) in [4.78, 5) is 8.54. The standard InChI is InChI=1S/C19H21N7/c1-13(2)18-15(11-25(24-18)16-7-5-4-6-8-16)10-20-17-9-14(3)23-19-21-12-22-26(17)19/h4-9,11-13,20H,10H2,1-3H3. The van der Waals surface area contributed by atoms with Crippen LogP contribution in [0.15, 0.2) is 48.9 Å². The summed E-state index contributed by atoms with van der Waals surface area (Å²) < 4.78 is 3.65. The molecule has 7 nitrogen and oxygen atoms in total. The van der Waals surface area contributed by atoms with Crippen molar-refractivity contribution in [1.82, 2.24) is 29.4 Å². The SMILES string of the molecule is Cc1cc(NCc2cn(-c3ccccc3)nc2C(C)C)n2ncnc2n1. The summed E-state index contributed by atoms with van der Waals surface area (Å²) in [7, 11) is 0. The van der Waals surface area contributed by atoms with Gasteiger partial charge < -0.3 is 5.32 Å². The van der Waals surface area contributed by atoms with Gasteiger partial charge in [0.25, 0.3) is 5.78 Å². The van der Waals surface area contributed by atoms with Gasteiger partial charge >= 0.3 is 0 Å². The van der Waals surface area contributed by atoms with E-state index < -0.39 is 0 Å². The Kier molecular flexibility index (Phi) is 4.12. The van der Waals surface area contributed by atoms with Crippen LogP contribution in [0.1, 0.15) is 36.7 Å². The summed E-state index contributed by atoms with van der Waals surface area (Å²) in [6.07, 6.45) is 3.60. The highest BCUT2D eigenvalue weighted by atomic mass is 15.4. The number of nitrogens with zero attached hydrogens (tertiary/aromatic N) is 6. The molecule has 0 saturated heterocycles. The molecule has 3 heterocycles. The minimum Gasteiger partial charge on any atom is -0.366 e. The lowest BCUT2D eigenvalue weighted by Gasteiger charge is -2.09. The van der Waals surface area contributed by atoms with Crippen LogP contribution in [0.4, 0.5) is 5.82 Å². The maximum Gasteiger partial charge on any atom is 0.254 e. The lowest BCUT2D eigenvalue weighted by atomic mass is 10.1. The first-order valence-corrected chi connectivity index (χ1v) is 8.67. The topological polar surface area (TPSA) is 72.9 Å². The van der Waals surface area contributed by atoms with Crippen molar-refractivity contribution >= 4 is 11.6 Å². The van der Waals surface area contributed by atoms with Crippen LogP contribution in [-0.4, -0.2) is 29.4 Å². The second-order valence-electron chi connectivity index (χ2n) is 6.58. The molecule has 0 aliphatic heterocycles. The van der Waals surface area contributed by atoms with Gasteiger partial charge in [0.1, 0.15) is 12.1 Å². The Labute approximate surface area is 151 Å². The Bertz CT molecular complexity index is 1030. The van der Waals surface area contributed by atoms with Crippen molar-refractivity contribution in [3.05, 3.63) is 65.9 Å². The third kappa shape index (κ3) is 3.03. The van der Waals surface area contributed by atoms with Gasteiger partial charge in [-0.05, 0) is 25.0 Å². The lowest BCUT2D eigenvalue weighted by Crippen LogP contribution is -2.08. The van der Waals surface area contributed by atoms with Gasteiger partial charge in [-0.2, -0.15) is 19.7 Å². The molecule has 132 valence electrons. The number of hydrogen-bond donors (Lipinski definition) is 1. The fraction of sp³-hybridized carbons (Fsp3) is 0.263. The first-order chi connectivity index (χ1) is 12.6. The molecular weight excluding hydrogens is 326 g/mol. The zero-order chi connectivity index (χ0) is 18.1. The van der Waals surface area contributed by atoms with E-state index in [1.165, 1.54) is 6.33 Å². The Morgan fingerprint density at radius 1 is 1.15 bits per heavy atom. The average molecular weight is 347 g/mol. The highest BCUT2D eigenvalue weighted by Crippen LogP contribution is 2.21. The molecule has 0 unspecified atom stereocenters. The number of benzene rings is 1. The summed E-state index contributed by atoms with van der Waals surface area (Å²) >= 11 is 0. The van der Waals surface area contributed by atoms with E-state index in [0.29, 0.717) is 18.2 Å². The minimum atomic E-state index is 0.335. The van der Waals surface area contributed by atoms with E-state index in [9.17, 15) is 0 Å². The molecule has 0 spiro atoms. The second-order valence-corrected chi connectivity index (χ2v) is 6.58. The molecule has 7 heteroatoms. The molecule has 0 aliphatic rings. The Morgan fingerprint density at radius 3 is 2.73 bits per heavy atom. The first kappa shape index (κ1) is 16.3. The zero-order valence-electron chi connectivity index (χ0n) is 15.1. The van der Waals surface area contributed by atoms with Crippen LogP contribution >= 0.6 is 0 Å². The Balaban J connectivity index is 1.65. The van der Waals surface area contributed by atoms with Crippen LogP contribution in [0.5, 0.6) is 0 Å². The number of fused-ring (bicyclic) bond motifs is 1. The summed E-state index contributed by atoms with van der Waals surface area (Å²) in [5.41, 5.74) is 4.20. The van der Waals surface area contributed by atoms with Crippen molar-refractivity contribution in [2.75, 3.05) is 5.32 Å². The van der Waals surface area contributed by atoms with Crippen LogP contribution in [-0.2, 0) is 6.54 Å². The van der Waals surface area contributed by atoms with E-state index >= 15 is 0 Å². The average Bonchev–Trinajstić information content (AvgIpc) is 3.27. The van der Waals surface area contributed by atoms with Gasteiger partial charge in [-0.3, -0.25) is 0 Å². The molecule has 3 aromatic heterocycles. The number of para-hydroxylation sites is 1. The van der Waals surface area contributed by atoms with Crippen LogP contribution in [0.2, 0.25) is 0 Å². The third-order valence-electron chi connectivity index (χ3n) is 4.23. The molecule has 1 N–H and O–H groups in total. The van der Waals surface area contributed by atoms with Crippen LogP contribution in [0, 0.1) is 6.92 Å². The molecule has 0 atom stereocenters. The summed E-state index contributed by atoms with van der Waals surface area (Å²) in [6, 6.07) is 12.1. The molecule has 4 aromatic rings. The highest BCUT2D eigenvalue weighted by Gasteiger charge is 2.14. The smallest absolute Gasteiger partial charge is 0.254 e. The third-order valence-corrected chi connectivity index (χ3v) is 4.23. The van der Waals surface area contributed by atoms with E-state index in [-0.39, 0.29) is 0 Å². The summed E-state index contributed by atoms with van der Waals surface area (Å²) in [6.45, 7) is 6.92. The summed E-state index contributed by atoms with van der Waals surface area (Å²) in [5, 5.41) is 12.5. The monoisotopic (exact) mass is 347 g/mol. The van der Waals surface area contributed by atoms with Crippen molar-refractivity contribution < 1.29 is 0 Å². The van der Waals surface area contributed by atoms with Gasteiger partial charge in [0, 0.05) is 30.1 Å². The zero-order valence-corrected chi connectivity index (χ0v) is 15.1. The van der Waals surface area contributed by atoms with E-state index in [1.807, 2.05) is 35.9 Å². The number of aryl methyl sites for hydroxylation is 1. The van der Waals surface area contributed by atoms with Crippen molar-refractivity contribution in [2.24, 2.45) is 0 Å². The normalized spacial score (nSPS) is 11.4. The number of aromatic nitrogens is 6. The number of hydrogen-bond acceptors (Lipinski definition) is 5. The van der Waals surface area contributed by atoms with Gasteiger partial charge in [0.05, 0.1) is 11.4 Å². The van der Waals surface area contributed by atoms with Crippen LogP contribution < -0.4 is 5.32 Å². The molecule has 1 aromatic carbocycles. The number of nitrogens with one attached hydrogen (secondary N) is 1. The predicted molar refractivity (Wildman–Crippen MR) is 100 cm³/mol. The van der Waals surface area contributed by atoms with Crippen LogP contribution in [0.3, 0.4) is 0 Å². The molecule has 0 aliphatic carbocycles. The van der Waals surface area contributed by atoms with Crippen molar-refractivity contribution in [3.8, 4) is 5.69 Å². The molecule has 0 fully saturated rings. The molecule has 26 heavy (non-hydrogen) atoms. The fourth-order valence-electron chi connectivity index (χ4n) is 3.00. The van der Waals surface area contributed by atoms with E-state index in [4.69, 9.17) is 5.10 Å². The quantitative estimate of drug-likeness (QED) is 0.599. The van der Waals surface area contributed by atoms with Gasteiger partial charge in [0.15, 0.2) is 0 Å². The molecule has 0 radical (unpaired) electrons. The second kappa shape index (κ2) is 6.59. The van der Waals surface area contributed by atoms with Gasteiger partial charge in [-0.25, -0.2) is 9.67 Å². The van der Waals surface area contributed by atoms with Gasteiger partial charge in [0.2, 0.25) is 0 Å². The van der Waals surface area contributed by atoms with Crippen molar-refractivity contribution in [2.45, 2.75) is 33.2 Å². The molecule has 0 saturated carbocycles. The summed E-state index contributed by atoms with van der Waals surface area (Å²) in [5.74, 6) is 1.80. The van der Waals surface area contributed by atoms with Gasteiger partial charge in [-0.1, -0.05) is 32.0 Å². The maximum absolute atomic E-state index is 4.79. The Morgan fingerprint density at radius 2 is 1.96 bits per heavy atom. The highest BCUT2D eigenvalue weighted by molar-refractivity contribution is 5.45. The van der Waals surface area contributed by atoms with Crippen LogP contribution in [0.25, 0.3) is 11.5 Å². The fourth-order valence-corrected chi connectivity index (χ4v) is 3.00. The number of anilines is 1. The van der Waals surface area contributed by atoms with Gasteiger partial charge in [-0.15, -0.1) is 0 Å². The molecule has 0 bridgehead atoms. The Hall–Kier alpha value is -3.22. The van der Waals surface area contributed by atoms with E-state index in [1.54, 1.807) is 4.52 Å². The molecule has 4 rings (SSSR count).